The third-order valence-corrected chi connectivity index (χ3v) is 3.99. The Bertz CT molecular complexity index is 434. The van der Waals surface area contributed by atoms with Crippen LogP contribution >= 0.6 is 11.3 Å². The van der Waals surface area contributed by atoms with E-state index in [4.69, 9.17) is 0 Å². The Balaban J connectivity index is 3.06. The fourth-order valence-corrected chi connectivity index (χ4v) is 2.71. The van der Waals surface area contributed by atoms with Gasteiger partial charge in [-0.05, 0) is 13.1 Å². The lowest BCUT2D eigenvalue weighted by molar-refractivity contribution is 0.0606. The van der Waals surface area contributed by atoms with E-state index in [-0.39, 0.29) is 9.77 Å². The molecule has 0 aliphatic carbocycles. The number of carbonyl (C=O) groups excluding carboxylic acids is 1. The second-order valence-electron chi connectivity index (χ2n) is 2.35. The first kappa shape index (κ1) is 11.2. The molecule has 1 rings (SSSR count). The van der Waals surface area contributed by atoms with Crippen LogP contribution in [0.2, 0.25) is 0 Å². The molecule has 7 heteroatoms. The van der Waals surface area contributed by atoms with E-state index in [0.29, 0.717) is 0 Å². The molecule has 0 unspecified atom stereocenters. The predicted molar refractivity (Wildman–Crippen MR) is 51.9 cm³/mol. The third kappa shape index (κ3) is 2.11. The molecule has 0 bridgehead atoms. The van der Waals surface area contributed by atoms with Crippen molar-refractivity contribution < 1.29 is 17.9 Å². The van der Waals surface area contributed by atoms with Gasteiger partial charge in [-0.3, -0.25) is 0 Å². The molecule has 0 atom stereocenters. The summed E-state index contributed by atoms with van der Waals surface area (Å²) in [6.07, 6.45) is 0. The van der Waals surface area contributed by atoms with Crippen molar-refractivity contribution in [3.05, 3.63) is 16.3 Å². The highest BCUT2D eigenvalue weighted by molar-refractivity contribution is 7.89. The van der Waals surface area contributed by atoms with Gasteiger partial charge in [0.2, 0.25) is 10.0 Å². The quantitative estimate of drug-likeness (QED) is 0.772. The van der Waals surface area contributed by atoms with Gasteiger partial charge >= 0.3 is 5.97 Å². The van der Waals surface area contributed by atoms with Gasteiger partial charge in [0.15, 0.2) is 0 Å². The minimum Gasteiger partial charge on any atom is -0.465 e. The molecule has 0 amide bonds. The van der Waals surface area contributed by atoms with E-state index in [2.05, 4.69) is 9.46 Å². The van der Waals surface area contributed by atoms with Crippen molar-refractivity contribution >= 4 is 27.3 Å². The Morgan fingerprint density at radius 1 is 1.57 bits per heavy atom. The van der Waals surface area contributed by atoms with Crippen molar-refractivity contribution in [2.24, 2.45) is 0 Å². The summed E-state index contributed by atoms with van der Waals surface area (Å²) in [5.41, 5.74) is 0. The average molecular weight is 235 g/mol. The molecule has 0 radical (unpaired) electrons. The van der Waals surface area contributed by atoms with Crippen LogP contribution in [0.5, 0.6) is 0 Å². The second kappa shape index (κ2) is 4.07. The molecule has 1 heterocycles. The third-order valence-electron chi connectivity index (χ3n) is 1.54. The number of hydrogen-bond donors (Lipinski definition) is 1. The first-order valence-corrected chi connectivity index (χ1v) is 5.98. The van der Waals surface area contributed by atoms with Crippen LogP contribution in [0.3, 0.4) is 0 Å². The Morgan fingerprint density at radius 2 is 2.21 bits per heavy atom. The number of thiophene rings is 1. The van der Waals surface area contributed by atoms with Gasteiger partial charge in [0, 0.05) is 5.38 Å². The molecular formula is C7H9NO4S2. The van der Waals surface area contributed by atoms with Crippen molar-refractivity contribution in [2.75, 3.05) is 14.2 Å². The average Bonchev–Trinajstić information content (AvgIpc) is 2.66. The molecule has 0 spiro atoms. The van der Waals surface area contributed by atoms with Gasteiger partial charge in [-0.2, -0.15) is 0 Å². The zero-order chi connectivity index (χ0) is 10.8. The maximum atomic E-state index is 11.3. The van der Waals surface area contributed by atoms with Crippen molar-refractivity contribution in [3.8, 4) is 0 Å². The minimum absolute atomic E-state index is 0.0744. The summed E-state index contributed by atoms with van der Waals surface area (Å²) in [4.78, 5) is 11.4. The van der Waals surface area contributed by atoms with Crippen LogP contribution in [0.1, 0.15) is 9.67 Å². The summed E-state index contributed by atoms with van der Waals surface area (Å²) in [7, 11) is -0.912. The number of esters is 1. The Hall–Kier alpha value is -0.920. The topological polar surface area (TPSA) is 72.5 Å². The van der Waals surface area contributed by atoms with Crippen molar-refractivity contribution in [2.45, 2.75) is 4.90 Å². The zero-order valence-electron chi connectivity index (χ0n) is 7.60. The van der Waals surface area contributed by atoms with Crippen LogP contribution in [0.4, 0.5) is 0 Å². The number of sulfonamides is 1. The molecule has 14 heavy (non-hydrogen) atoms. The molecule has 0 fully saturated rings. The van der Waals surface area contributed by atoms with E-state index in [1.165, 1.54) is 25.6 Å². The summed E-state index contributed by atoms with van der Waals surface area (Å²) in [5, 5.41) is 1.39. The smallest absolute Gasteiger partial charge is 0.348 e. The van der Waals surface area contributed by atoms with Crippen LogP contribution in [0.15, 0.2) is 16.3 Å². The maximum absolute atomic E-state index is 11.3. The predicted octanol–water partition coefficient (Wildman–Crippen LogP) is 0.443. The van der Waals surface area contributed by atoms with Gasteiger partial charge in [-0.25, -0.2) is 17.9 Å². The molecule has 0 saturated carbocycles. The summed E-state index contributed by atoms with van der Waals surface area (Å²) >= 11 is 1.03. The first-order valence-electron chi connectivity index (χ1n) is 3.61. The fraction of sp³-hybridized carbons (Fsp3) is 0.286. The van der Waals surface area contributed by atoms with Gasteiger partial charge in [0.1, 0.15) is 4.88 Å². The number of hydrogen-bond acceptors (Lipinski definition) is 5. The summed E-state index contributed by atoms with van der Waals surface area (Å²) in [5.74, 6) is -0.535. The molecule has 78 valence electrons. The van der Waals surface area contributed by atoms with E-state index >= 15 is 0 Å². The van der Waals surface area contributed by atoms with Gasteiger partial charge in [0.25, 0.3) is 0 Å². The normalized spacial score (nSPS) is 11.3. The highest BCUT2D eigenvalue weighted by Crippen LogP contribution is 2.19. The van der Waals surface area contributed by atoms with Crippen molar-refractivity contribution in [3.63, 3.8) is 0 Å². The van der Waals surface area contributed by atoms with Gasteiger partial charge in [-0.15, -0.1) is 11.3 Å². The number of methoxy groups -OCH3 is 1. The number of rotatable bonds is 3. The number of carbonyl (C=O) groups is 1. The lowest BCUT2D eigenvalue weighted by Crippen LogP contribution is -2.17. The number of nitrogens with one attached hydrogen (secondary N) is 1. The SMILES string of the molecule is CNS(=O)(=O)c1csc(C(=O)OC)c1. The maximum Gasteiger partial charge on any atom is 0.348 e. The molecule has 0 aliphatic rings. The summed E-state index contributed by atoms with van der Waals surface area (Å²) < 4.78 is 29.1. The largest absolute Gasteiger partial charge is 0.465 e. The lowest BCUT2D eigenvalue weighted by atomic mass is 10.5. The standard InChI is InChI=1S/C7H9NO4S2/c1-8-14(10,11)5-3-6(13-4-5)7(9)12-2/h3-4,8H,1-2H3. The van der Waals surface area contributed by atoms with Crippen molar-refractivity contribution in [1.29, 1.82) is 0 Å². The Morgan fingerprint density at radius 3 is 2.71 bits per heavy atom. The van der Waals surface area contributed by atoms with Gasteiger partial charge in [-0.1, -0.05) is 0 Å². The molecule has 1 aromatic rings. The van der Waals surface area contributed by atoms with Gasteiger partial charge in [0.05, 0.1) is 12.0 Å². The van der Waals surface area contributed by atoms with Crippen molar-refractivity contribution in [1.82, 2.24) is 4.72 Å². The van der Waals surface area contributed by atoms with Crippen LogP contribution < -0.4 is 4.72 Å². The highest BCUT2D eigenvalue weighted by Gasteiger charge is 2.16. The first-order chi connectivity index (χ1) is 6.51. The van der Waals surface area contributed by atoms with Crippen LogP contribution in [-0.4, -0.2) is 28.5 Å². The zero-order valence-corrected chi connectivity index (χ0v) is 9.24. The minimum atomic E-state index is -3.47. The van der Waals surface area contributed by atoms with E-state index in [0.717, 1.165) is 11.3 Å². The molecule has 1 N–H and O–H groups in total. The molecule has 0 saturated heterocycles. The molecular weight excluding hydrogens is 226 g/mol. The monoisotopic (exact) mass is 235 g/mol. The molecule has 1 aromatic heterocycles. The van der Waals surface area contributed by atoms with Crippen LogP contribution in [0.25, 0.3) is 0 Å². The second-order valence-corrected chi connectivity index (χ2v) is 5.14. The van der Waals surface area contributed by atoms with Crippen LogP contribution in [0, 0.1) is 0 Å². The molecule has 0 aromatic carbocycles. The highest BCUT2D eigenvalue weighted by atomic mass is 32.2. The lowest BCUT2D eigenvalue weighted by Gasteiger charge is -1.96. The molecule has 5 nitrogen and oxygen atoms in total. The fourth-order valence-electron chi connectivity index (χ4n) is 0.785. The summed E-state index contributed by atoms with van der Waals surface area (Å²) in [6, 6.07) is 1.28. The molecule has 0 aliphatic heterocycles. The van der Waals surface area contributed by atoms with Gasteiger partial charge < -0.3 is 4.74 Å². The van der Waals surface area contributed by atoms with E-state index in [9.17, 15) is 13.2 Å². The Labute approximate surface area is 85.8 Å². The van der Waals surface area contributed by atoms with E-state index in [1.807, 2.05) is 0 Å². The van der Waals surface area contributed by atoms with E-state index < -0.39 is 16.0 Å². The summed E-state index contributed by atoms with van der Waals surface area (Å²) in [6.45, 7) is 0. The van der Waals surface area contributed by atoms with Crippen LogP contribution in [-0.2, 0) is 14.8 Å². The van der Waals surface area contributed by atoms with E-state index in [1.54, 1.807) is 0 Å². The number of ether oxygens (including phenoxy) is 1. The Kier molecular flexibility index (Phi) is 3.25.